The van der Waals surface area contributed by atoms with Gasteiger partial charge in [0.05, 0.1) is 6.04 Å². The molecule has 0 aliphatic carbocycles. The van der Waals surface area contributed by atoms with Crippen LogP contribution >= 0.6 is 12.8 Å². The first-order valence-corrected chi connectivity index (χ1v) is 3.53. The summed E-state index contributed by atoms with van der Waals surface area (Å²) < 4.78 is 0.994. The normalized spacial score (nSPS) is 32.7. The number of rotatable bonds is 1. The van der Waals surface area contributed by atoms with Gasteiger partial charge in [-0.1, -0.05) is 19.7 Å². The van der Waals surface area contributed by atoms with Gasteiger partial charge in [-0.2, -0.15) is 0 Å². The van der Waals surface area contributed by atoms with E-state index in [1.807, 2.05) is 6.92 Å². The van der Waals surface area contributed by atoms with Crippen molar-refractivity contribution in [3.63, 3.8) is 0 Å². The second-order valence-corrected chi connectivity index (χ2v) is 2.65. The van der Waals surface area contributed by atoms with Crippen LogP contribution in [0.15, 0.2) is 0 Å². The van der Waals surface area contributed by atoms with Crippen molar-refractivity contribution in [2.45, 2.75) is 25.6 Å². The quantitative estimate of drug-likeness (QED) is 0.474. The van der Waals surface area contributed by atoms with E-state index in [0.717, 1.165) is 4.31 Å². The molecular formula is C5H10N2O2S. The van der Waals surface area contributed by atoms with Crippen molar-refractivity contribution in [3.8, 4) is 0 Å². The maximum absolute atomic E-state index is 10.7. The molecule has 0 aromatic heterocycles. The van der Waals surface area contributed by atoms with Crippen LogP contribution in [0.4, 0.5) is 4.79 Å². The lowest BCUT2D eigenvalue weighted by atomic mass is 10.2. The molecule has 0 saturated carbocycles. The molecule has 1 rings (SSSR count). The Morgan fingerprint density at radius 1 is 1.90 bits per heavy atom. The molecular weight excluding hydrogens is 152 g/mol. The van der Waals surface area contributed by atoms with Gasteiger partial charge in [-0.15, -0.1) is 0 Å². The van der Waals surface area contributed by atoms with Gasteiger partial charge in [0.25, 0.3) is 0 Å². The number of carbonyl (C=O) groups excluding carboxylic acids is 1. The molecule has 1 aliphatic heterocycles. The summed E-state index contributed by atoms with van der Waals surface area (Å²) in [5.74, 6) is 0. The van der Waals surface area contributed by atoms with Crippen LogP contribution < -0.4 is 5.32 Å². The minimum Gasteiger partial charge on any atom is -0.370 e. The van der Waals surface area contributed by atoms with E-state index in [-0.39, 0.29) is 12.1 Å². The standard InChI is InChI=1S/C5H10N2O2S/c1-2-3-4(8)7(10)5(9)6-3/h3-4,8,10H,2H2,1H3,(H,6,9). The minimum atomic E-state index is -0.791. The van der Waals surface area contributed by atoms with Crippen LogP contribution in [-0.2, 0) is 0 Å². The largest absolute Gasteiger partial charge is 0.370 e. The summed E-state index contributed by atoms with van der Waals surface area (Å²) in [4.78, 5) is 10.7. The first-order valence-electron chi connectivity index (χ1n) is 3.13. The lowest BCUT2D eigenvalue weighted by Gasteiger charge is -2.13. The number of nitrogens with zero attached hydrogens (tertiary/aromatic N) is 1. The number of aliphatic hydroxyl groups is 1. The number of thiol groups is 1. The van der Waals surface area contributed by atoms with Crippen molar-refractivity contribution in [2.24, 2.45) is 0 Å². The number of aliphatic hydroxyl groups excluding tert-OH is 1. The second-order valence-electron chi connectivity index (χ2n) is 2.22. The fourth-order valence-corrected chi connectivity index (χ4v) is 1.12. The van der Waals surface area contributed by atoms with E-state index < -0.39 is 6.23 Å². The molecule has 4 nitrogen and oxygen atoms in total. The Morgan fingerprint density at radius 2 is 2.50 bits per heavy atom. The second kappa shape index (κ2) is 2.67. The third-order valence-corrected chi connectivity index (χ3v) is 1.99. The fourth-order valence-electron chi connectivity index (χ4n) is 0.903. The molecule has 0 bridgehead atoms. The molecule has 0 aromatic carbocycles. The monoisotopic (exact) mass is 162 g/mol. The molecule has 1 saturated heterocycles. The van der Waals surface area contributed by atoms with Crippen LogP contribution in [0, 0.1) is 0 Å². The highest BCUT2D eigenvalue weighted by atomic mass is 32.1. The molecule has 2 amide bonds. The van der Waals surface area contributed by atoms with Gasteiger partial charge in [-0.05, 0) is 6.42 Å². The highest BCUT2D eigenvalue weighted by Crippen LogP contribution is 2.14. The molecule has 58 valence electrons. The van der Waals surface area contributed by atoms with Crippen molar-refractivity contribution in [1.82, 2.24) is 9.62 Å². The lowest BCUT2D eigenvalue weighted by molar-refractivity contribution is 0.0918. The maximum Gasteiger partial charge on any atom is 0.329 e. The summed E-state index contributed by atoms with van der Waals surface area (Å²) >= 11 is 3.77. The molecule has 0 aromatic rings. The van der Waals surface area contributed by atoms with E-state index in [2.05, 4.69) is 18.1 Å². The Balaban J connectivity index is 2.61. The van der Waals surface area contributed by atoms with Gasteiger partial charge >= 0.3 is 6.03 Å². The molecule has 2 unspecified atom stereocenters. The number of carbonyl (C=O) groups is 1. The smallest absolute Gasteiger partial charge is 0.329 e. The van der Waals surface area contributed by atoms with E-state index in [4.69, 9.17) is 0 Å². The zero-order chi connectivity index (χ0) is 7.72. The van der Waals surface area contributed by atoms with Gasteiger partial charge in [-0.3, -0.25) is 0 Å². The molecule has 1 aliphatic rings. The zero-order valence-electron chi connectivity index (χ0n) is 5.61. The Morgan fingerprint density at radius 3 is 2.70 bits per heavy atom. The van der Waals surface area contributed by atoms with E-state index in [1.54, 1.807) is 0 Å². The Kier molecular flexibility index (Phi) is 2.05. The minimum absolute atomic E-state index is 0.176. The van der Waals surface area contributed by atoms with E-state index in [0.29, 0.717) is 6.42 Å². The third-order valence-electron chi connectivity index (χ3n) is 1.57. The summed E-state index contributed by atoms with van der Waals surface area (Å²) in [6.45, 7) is 1.89. The first-order chi connectivity index (χ1) is 4.66. The molecule has 2 atom stereocenters. The SMILES string of the molecule is CCC1NC(=O)N(S)C1O. The van der Waals surface area contributed by atoms with Crippen molar-refractivity contribution in [2.75, 3.05) is 0 Å². The van der Waals surface area contributed by atoms with Gasteiger partial charge < -0.3 is 10.4 Å². The van der Waals surface area contributed by atoms with Gasteiger partial charge in [0.1, 0.15) is 0 Å². The van der Waals surface area contributed by atoms with Crippen LogP contribution in [0.1, 0.15) is 13.3 Å². The highest BCUT2D eigenvalue weighted by molar-refractivity contribution is 7.78. The van der Waals surface area contributed by atoms with E-state index in [9.17, 15) is 9.90 Å². The van der Waals surface area contributed by atoms with Gasteiger partial charge in [-0.25, -0.2) is 9.10 Å². The number of nitrogens with one attached hydrogen (secondary N) is 1. The summed E-state index contributed by atoms with van der Waals surface area (Å²) in [6.07, 6.45) is -0.0786. The lowest BCUT2D eigenvalue weighted by Crippen LogP contribution is -2.31. The summed E-state index contributed by atoms with van der Waals surface area (Å²) in [7, 11) is 0. The highest BCUT2D eigenvalue weighted by Gasteiger charge is 2.34. The van der Waals surface area contributed by atoms with E-state index in [1.165, 1.54) is 0 Å². The predicted octanol–water partition coefficient (Wildman–Crippen LogP) is -0.0466. The Labute approximate surface area is 64.7 Å². The summed E-state index contributed by atoms with van der Waals surface area (Å²) in [6, 6.07) is -0.507. The first kappa shape index (κ1) is 7.68. The van der Waals surface area contributed by atoms with Crippen molar-refractivity contribution in [1.29, 1.82) is 0 Å². The van der Waals surface area contributed by atoms with Crippen molar-refractivity contribution in [3.05, 3.63) is 0 Å². The Bertz CT molecular complexity index is 153. The molecule has 1 heterocycles. The number of hydrogen-bond donors (Lipinski definition) is 3. The molecule has 10 heavy (non-hydrogen) atoms. The number of urea groups is 1. The van der Waals surface area contributed by atoms with Crippen LogP contribution in [-0.4, -0.2) is 27.7 Å². The Hall–Kier alpha value is -0.420. The molecule has 1 fully saturated rings. The molecule has 0 radical (unpaired) electrons. The maximum atomic E-state index is 10.7. The van der Waals surface area contributed by atoms with Crippen LogP contribution in [0.2, 0.25) is 0 Å². The fraction of sp³-hybridized carbons (Fsp3) is 0.800. The predicted molar refractivity (Wildman–Crippen MR) is 39.4 cm³/mol. The average molecular weight is 162 g/mol. The van der Waals surface area contributed by atoms with Gasteiger partial charge in [0, 0.05) is 0 Å². The molecule has 0 spiro atoms. The van der Waals surface area contributed by atoms with Crippen LogP contribution in [0.25, 0.3) is 0 Å². The number of hydrogen-bond acceptors (Lipinski definition) is 3. The van der Waals surface area contributed by atoms with Gasteiger partial charge in [0.2, 0.25) is 0 Å². The number of amides is 2. The van der Waals surface area contributed by atoms with Crippen LogP contribution in [0.3, 0.4) is 0 Å². The van der Waals surface area contributed by atoms with Crippen LogP contribution in [0.5, 0.6) is 0 Å². The van der Waals surface area contributed by atoms with Crippen molar-refractivity contribution >= 4 is 18.8 Å². The summed E-state index contributed by atoms with van der Waals surface area (Å²) in [5.41, 5.74) is 0. The topological polar surface area (TPSA) is 52.6 Å². The molecule has 2 N–H and O–H groups in total. The zero-order valence-corrected chi connectivity index (χ0v) is 6.51. The van der Waals surface area contributed by atoms with E-state index >= 15 is 0 Å². The van der Waals surface area contributed by atoms with Gasteiger partial charge in [0.15, 0.2) is 6.23 Å². The van der Waals surface area contributed by atoms with Crippen molar-refractivity contribution < 1.29 is 9.90 Å². The third kappa shape index (κ3) is 1.06. The average Bonchev–Trinajstić information content (AvgIpc) is 2.17. The summed E-state index contributed by atoms with van der Waals surface area (Å²) in [5, 5.41) is 11.8. The molecule has 5 heteroatoms.